The number of amides is 2. The summed E-state index contributed by atoms with van der Waals surface area (Å²) in [5.74, 6) is 0.819. The summed E-state index contributed by atoms with van der Waals surface area (Å²) in [6.45, 7) is 5.66. The minimum Gasteiger partial charge on any atom is -0.337 e. The number of hydrazone groups is 1. The van der Waals surface area contributed by atoms with Crippen molar-refractivity contribution in [2.45, 2.75) is 0 Å². The quantitative estimate of drug-likeness (QED) is 0.585. The maximum atomic E-state index is 13.1. The summed E-state index contributed by atoms with van der Waals surface area (Å²) >= 11 is 0. The van der Waals surface area contributed by atoms with Crippen molar-refractivity contribution < 1.29 is 9.59 Å². The summed E-state index contributed by atoms with van der Waals surface area (Å²) in [5, 5.41) is 17.1. The number of anilines is 2. The van der Waals surface area contributed by atoms with Gasteiger partial charge in [0.2, 0.25) is 0 Å². The first-order valence-corrected chi connectivity index (χ1v) is 12.1. The van der Waals surface area contributed by atoms with Crippen molar-refractivity contribution in [1.82, 2.24) is 20.0 Å². The highest BCUT2D eigenvalue weighted by molar-refractivity contribution is 6.51. The second-order valence-corrected chi connectivity index (χ2v) is 8.83. The van der Waals surface area contributed by atoms with Gasteiger partial charge >= 0.3 is 0 Å². The van der Waals surface area contributed by atoms with Crippen molar-refractivity contribution in [3.8, 4) is 0 Å². The molecule has 11 heteroatoms. The fourth-order valence-corrected chi connectivity index (χ4v) is 4.42. The number of aromatic nitrogens is 2. The largest absolute Gasteiger partial charge is 0.337 e. The molecule has 0 unspecified atom stereocenters. The molecule has 0 saturated carbocycles. The SMILES string of the molecule is C=C1C=NN2C(=N1)C(Nc1ccc(C(=O)N3CCN(C(=O)c4cccnn4)CC3)cc1)=Nc1ccccc12. The Hall–Kier alpha value is -5.19. The highest BCUT2D eigenvalue weighted by atomic mass is 16.2. The number of piperazine rings is 1. The van der Waals surface area contributed by atoms with Crippen LogP contribution >= 0.6 is 0 Å². The maximum Gasteiger partial charge on any atom is 0.274 e. The lowest BCUT2D eigenvalue weighted by atomic mass is 10.1. The summed E-state index contributed by atoms with van der Waals surface area (Å²) in [5.41, 5.74) is 3.75. The van der Waals surface area contributed by atoms with E-state index >= 15 is 0 Å². The molecule has 3 aromatic rings. The number of nitrogens with zero attached hydrogens (tertiary/aromatic N) is 8. The van der Waals surface area contributed by atoms with Gasteiger partial charge in [-0.2, -0.15) is 10.2 Å². The van der Waals surface area contributed by atoms with Crippen LogP contribution in [-0.2, 0) is 0 Å². The molecule has 1 fully saturated rings. The zero-order chi connectivity index (χ0) is 26.1. The van der Waals surface area contributed by atoms with Crippen molar-refractivity contribution in [2.75, 3.05) is 36.5 Å². The number of hydrogen-bond donors (Lipinski definition) is 1. The van der Waals surface area contributed by atoms with Gasteiger partial charge in [-0.1, -0.05) is 18.7 Å². The molecule has 2 aromatic carbocycles. The molecule has 4 heterocycles. The van der Waals surface area contributed by atoms with Crippen LogP contribution in [0.1, 0.15) is 20.8 Å². The van der Waals surface area contributed by atoms with E-state index < -0.39 is 0 Å². The minimum absolute atomic E-state index is 0.0828. The molecule has 0 atom stereocenters. The normalized spacial score (nSPS) is 16.3. The zero-order valence-corrected chi connectivity index (χ0v) is 20.4. The van der Waals surface area contributed by atoms with E-state index in [0.717, 1.165) is 17.1 Å². The van der Waals surface area contributed by atoms with Crippen LogP contribution in [0, 0.1) is 0 Å². The second-order valence-electron chi connectivity index (χ2n) is 8.83. The predicted molar refractivity (Wildman–Crippen MR) is 145 cm³/mol. The smallest absolute Gasteiger partial charge is 0.274 e. The first kappa shape index (κ1) is 23.2. The Labute approximate surface area is 218 Å². The number of nitrogens with one attached hydrogen (secondary N) is 1. The van der Waals surface area contributed by atoms with Crippen LogP contribution in [0.4, 0.5) is 17.1 Å². The van der Waals surface area contributed by atoms with Crippen molar-refractivity contribution in [2.24, 2.45) is 15.1 Å². The summed E-state index contributed by atoms with van der Waals surface area (Å²) in [6, 6.07) is 18.2. The molecule has 2 amide bonds. The summed E-state index contributed by atoms with van der Waals surface area (Å²) in [6.07, 6.45) is 3.13. The molecule has 0 bridgehead atoms. The lowest BCUT2D eigenvalue weighted by Gasteiger charge is -2.34. The van der Waals surface area contributed by atoms with E-state index in [-0.39, 0.29) is 11.8 Å². The van der Waals surface area contributed by atoms with Crippen LogP contribution in [0.3, 0.4) is 0 Å². The molecule has 11 nitrogen and oxygen atoms in total. The van der Waals surface area contributed by atoms with E-state index in [1.54, 1.807) is 45.3 Å². The van der Waals surface area contributed by atoms with Gasteiger partial charge in [-0.3, -0.25) is 9.59 Å². The number of carbonyl (C=O) groups is 2. The summed E-state index contributed by atoms with van der Waals surface area (Å²) in [7, 11) is 0. The van der Waals surface area contributed by atoms with Gasteiger partial charge in [-0.15, -0.1) is 5.10 Å². The Bertz CT molecular complexity index is 1510. The number of para-hydroxylation sites is 2. The third-order valence-corrected chi connectivity index (χ3v) is 6.37. The first-order chi connectivity index (χ1) is 18.6. The fourth-order valence-electron chi connectivity index (χ4n) is 4.42. The maximum absolute atomic E-state index is 13.1. The van der Waals surface area contributed by atoms with Crippen molar-refractivity contribution >= 4 is 46.8 Å². The van der Waals surface area contributed by atoms with E-state index in [4.69, 9.17) is 4.99 Å². The van der Waals surface area contributed by atoms with Crippen molar-refractivity contribution in [3.63, 3.8) is 0 Å². The third kappa shape index (κ3) is 4.41. The molecule has 3 aliphatic rings. The molecule has 38 heavy (non-hydrogen) atoms. The van der Waals surface area contributed by atoms with Gasteiger partial charge in [-0.05, 0) is 48.5 Å². The predicted octanol–water partition coefficient (Wildman–Crippen LogP) is 2.95. The van der Waals surface area contributed by atoms with Crippen LogP contribution in [0.5, 0.6) is 0 Å². The van der Waals surface area contributed by atoms with E-state index in [1.165, 1.54) is 6.20 Å². The number of fused-ring (bicyclic) bond motifs is 3. The standard InChI is InChI=1S/C27H23N9O2/c1-18-17-29-36-23-7-3-2-5-21(23)32-24(25(36)30-18)31-20-10-8-19(9-11-20)26(37)34-13-15-35(16-14-34)27(38)22-6-4-12-28-33-22/h2-12,17H,1,13-16H2,(H,31,32). The topological polar surface area (TPSA) is 119 Å². The van der Waals surface area contributed by atoms with Crippen LogP contribution in [-0.4, -0.2) is 75.9 Å². The van der Waals surface area contributed by atoms with Crippen LogP contribution in [0.25, 0.3) is 0 Å². The number of carbonyl (C=O) groups excluding carboxylic acids is 2. The first-order valence-electron chi connectivity index (χ1n) is 12.1. The van der Waals surface area contributed by atoms with E-state index in [0.29, 0.717) is 54.8 Å². The molecular weight excluding hydrogens is 482 g/mol. The van der Waals surface area contributed by atoms with Crippen molar-refractivity contribution in [3.05, 3.63) is 90.4 Å². The third-order valence-electron chi connectivity index (χ3n) is 6.37. The Morgan fingerprint density at radius 3 is 2.32 bits per heavy atom. The zero-order valence-electron chi connectivity index (χ0n) is 20.4. The molecule has 3 aliphatic heterocycles. The van der Waals surface area contributed by atoms with Gasteiger partial charge in [-0.25, -0.2) is 15.0 Å². The summed E-state index contributed by atoms with van der Waals surface area (Å²) in [4.78, 5) is 38.4. The van der Waals surface area contributed by atoms with Crippen LogP contribution < -0.4 is 10.3 Å². The molecule has 1 N–H and O–H groups in total. The molecule has 1 aromatic heterocycles. The van der Waals surface area contributed by atoms with Crippen LogP contribution in [0.2, 0.25) is 0 Å². The second kappa shape index (κ2) is 9.69. The molecule has 188 valence electrons. The van der Waals surface area contributed by atoms with Gasteiger partial charge < -0.3 is 15.1 Å². The molecular formula is C27H23N9O2. The van der Waals surface area contributed by atoms with Gasteiger partial charge in [0.25, 0.3) is 11.8 Å². The highest BCUT2D eigenvalue weighted by Crippen LogP contribution is 2.34. The molecule has 6 rings (SSSR count). The minimum atomic E-state index is -0.177. The lowest BCUT2D eigenvalue weighted by molar-refractivity contribution is 0.0531. The van der Waals surface area contributed by atoms with E-state index in [2.05, 4.69) is 32.2 Å². The lowest BCUT2D eigenvalue weighted by Crippen LogP contribution is -2.50. The summed E-state index contributed by atoms with van der Waals surface area (Å²) < 4.78 is 0. The number of rotatable bonds is 3. The molecule has 1 saturated heterocycles. The molecule has 0 radical (unpaired) electrons. The van der Waals surface area contributed by atoms with E-state index in [9.17, 15) is 9.59 Å². The van der Waals surface area contributed by atoms with Crippen LogP contribution in [0.15, 0.2) is 94.2 Å². The number of amidine groups is 2. The monoisotopic (exact) mass is 505 g/mol. The Kier molecular flexibility index (Phi) is 5.92. The Morgan fingerprint density at radius 2 is 1.58 bits per heavy atom. The number of benzene rings is 2. The van der Waals surface area contributed by atoms with Gasteiger partial charge in [0, 0.05) is 43.6 Å². The highest BCUT2D eigenvalue weighted by Gasteiger charge is 2.29. The Balaban J connectivity index is 1.13. The van der Waals surface area contributed by atoms with Crippen molar-refractivity contribution in [1.29, 1.82) is 0 Å². The van der Waals surface area contributed by atoms with Gasteiger partial charge in [0.15, 0.2) is 17.4 Å². The number of hydrogen-bond acceptors (Lipinski definition) is 9. The average molecular weight is 506 g/mol. The van der Waals surface area contributed by atoms with E-state index in [1.807, 2.05) is 36.4 Å². The van der Waals surface area contributed by atoms with Gasteiger partial charge in [0.05, 0.1) is 23.3 Å². The Morgan fingerprint density at radius 1 is 0.842 bits per heavy atom. The number of aliphatic imine (C=N–C) groups is 2. The molecule has 0 aliphatic carbocycles. The molecule has 0 spiro atoms. The average Bonchev–Trinajstić information content (AvgIpc) is 2.97. The van der Waals surface area contributed by atoms with Gasteiger partial charge in [0.1, 0.15) is 0 Å². The fraction of sp³-hybridized carbons (Fsp3) is 0.148. The number of allylic oxidation sites excluding steroid dienone is 1.